The fraction of sp³-hybridized carbons (Fsp3) is 0.133. The number of benzene rings is 2. The first-order valence-electron chi connectivity index (χ1n) is 6.02. The number of halogens is 2. The highest BCUT2D eigenvalue weighted by Gasteiger charge is 2.30. The third-order valence-corrected chi connectivity index (χ3v) is 4.26. The highest BCUT2D eigenvalue weighted by atomic mass is 79.9. The van der Waals surface area contributed by atoms with E-state index in [0.717, 1.165) is 10.0 Å². The summed E-state index contributed by atoms with van der Waals surface area (Å²) in [5, 5.41) is 3.31. The maximum absolute atomic E-state index is 12.3. The molecule has 0 aliphatic heterocycles. The molecule has 0 aliphatic rings. The van der Waals surface area contributed by atoms with Crippen LogP contribution in [0.1, 0.15) is 12.5 Å². The number of nitrogens with two attached hydrogens (primary N) is 1. The number of nitrogens with one attached hydrogen (secondary N) is 1. The van der Waals surface area contributed by atoms with Crippen LogP contribution in [0.3, 0.4) is 0 Å². The minimum absolute atomic E-state index is 0.290. The van der Waals surface area contributed by atoms with E-state index in [1.165, 1.54) is 0 Å². The summed E-state index contributed by atoms with van der Waals surface area (Å²) >= 11 is 9.30. The van der Waals surface area contributed by atoms with Gasteiger partial charge in [0.25, 0.3) is 0 Å². The smallest absolute Gasteiger partial charge is 0.248 e. The lowest BCUT2D eigenvalue weighted by Crippen LogP contribution is -2.45. The van der Waals surface area contributed by atoms with Crippen LogP contribution in [0.15, 0.2) is 53.0 Å². The Morgan fingerprint density at radius 2 is 1.90 bits per heavy atom. The Morgan fingerprint density at radius 3 is 2.50 bits per heavy atom. The van der Waals surface area contributed by atoms with E-state index in [4.69, 9.17) is 17.3 Å². The number of carbonyl (C=O) groups is 1. The number of hydrogen-bond acceptors (Lipinski definition) is 2. The van der Waals surface area contributed by atoms with Gasteiger partial charge in [0, 0.05) is 10.2 Å². The van der Waals surface area contributed by atoms with Gasteiger partial charge in [0.1, 0.15) is 5.54 Å². The molecular weight excluding hydrogens is 340 g/mol. The van der Waals surface area contributed by atoms with E-state index in [9.17, 15) is 4.79 Å². The van der Waals surface area contributed by atoms with Crippen molar-refractivity contribution in [1.29, 1.82) is 0 Å². The van der Waals surface area contributed by atoms with E-state index < -0.39 is 5.54 Å². The van der Waals surface area contributed by atoms with Crippen LogP contribution in [0.25, 0.3) is 0 Å². The molecule has 0 saturated heterocycles. The Hall–Kier alpha value is -1.36. The van der Waals surface area contributed by atoms with Crippen molar-refractivity contribution in [3.8, 4) is 0 Å². The largest absolute Gasteiger partial charge is 0.324 e. The second-order valence-electron chi connectivity index (χ2n) is 4.65. The van der Waals surface area contributed by atoms with Crippen molar-refractivity contribution in [1.82, 2.24) is 0 Å². The second-order valence-corrected chi connectivity index (χ2v) is 5.91. The van der Waals surface area contributed by atoms with Gasteiger partial charge in [-0.25, -0.2) is 0 Å². The molecule has 1 atom stereocenters. The zero-order valence-electron chi connectivity index (χ0n) is 10.9. The van der Waals surface area contributed by atoms with Crippen molar-refractivity contribution in [2.45, 2.75) is 12.5 Å². The summed E-state index contributed by atoms with van der Waals surface area (Å²) in [5.74, 6) is -0.290. The summed E-state index contributed by atoms with van der Waals surface area (Å²) in [6.45, 7) is 1.68. The van der Waals surface area contributed by atoms with E-state index >= 15 is 0 Å². The number of hydrogen-bond donors (Lipinski definition) is 2. The van der Waals surface area contributed by atoms with Crippen LogP contribution in [0.2, 0.25) is 5.02 Å². The molecule has 3 N–H and O–H groups in total. The van der Waals surface area contributed by atoms with Gasteiger partial charge in [-0.3, -0.25) is 4.79 Å². The Labute approximate surface area is 131 Å². The maximum Gasteiger partial charge on any atom is 0.248 e. The average Bonchev–Trinajstić information content (AvgIpc) is 2.44. The Bertz CT molecular complexity index is 629. The van der Waals surface area contributed by atoms with Crippen LogP contribution in [-0.4, -0.2) is 5.91 Å². The first kappa shape index (κ1) is 15.0. The third-order valence-electron chi connectivity index (χ3n) is 3.02. The predicted octanol–water partition coefficient (Wildman–Crippen LogP) is 3.92. The molecule has 0 aliphatic carbocycles. The van der Waals surface area contributed by atoms with Gasteiger partial charge < -0.3 is 11.1 Å². The van der Waals surface area contributed by atoms with E-state index in [-0.39, 0.29) is 5.91 Å². The molecule has 0 bridgehead atoms. The van der Waals surface area contributed by atoms with Gasteiger partial charge in [-0.15, -0.1) is 0 Å². The number of rotatable bonds is 3. The number of carbonyl (C=O) groups excluding carboxylic acids is 1. The monoisotopic (exact) mass is 352 g/mol. The summed E-state index contributed by atoms with van der Waals surface area (Å²) in [6.07, 6.45) is 0. The molecule has 1 amide bonds. The molecule has 2 aromatic rings. The molecule has 2 aromatic carbocycles. The van der Waals surface area contributed by atoms with E-state index in [1.807, 2.05) is 30.3 Å². The predicted molar refractivity (Wildman–Crippen MR) is 85.8 cm³/mol. The summed E-state index contributed by atoms with van der Waals surface area (Å²) in [5.41, 5.74) is 6.39. The molecule has 2 rings (SSSR count). The van der Waals surface area contributed by atoms with Gasteiger partial charge in [-0.1, -0.05) is 41.9 Å². The normalized spacial score (nSPS) is 13.6. The molecule has 104 valence electrons. The molecular formula is C15H14BrClN2O. The van der Waals surface area contributed by atoms with Gasteiger partial charge in [0.05, 0.1) is 5.02 Å². The summed E-state index contributed by atoms with van der Waals surface area (Å²) in [7, 11) is 0. The Morgan fingerprint density at radius 1 is 1.25 bits per heavy atom. The van der Waals surface area contributed by atoms with Crippen molar-refractivity contribution in [3.05, 3.63) is 63.6 Å². The van der Waals surface area contributed by atoms with Crippen LogP contribution in [0.5, 0.6) is 0 Å². The first-order valence-corrected chi connectivity index (χ1v) is 7.19. The van der Waals surface area contributed by atoms with Crippen molar-refractivity contribution >= 4 is 39.1 Å². The van der Waals surface area contributed by atoms with Crippen LogP contribution >= 0.6 is 27.5 Å². The summed E-state index contributed by atoms with van der Waals surface area (Å²) in [4.78, 5) is 12.3. The SMILES string of the molecule is CC(N)(C(=O)Nc1ccc(Br)c(Cl)c1)c1ccccc1. The van der Waals surface area contributed by atoms with Gasteiger partial charge in [0.15, 0.2) is 0 Å². The minimum atomic E-state index is -1.11. The highest BCUT2D eigenvalue weighted by Crippen LogP contribution is 2.26. The molecule has 20 heavy (non-hydrogen) atoms. The Balaban J connectivity index is 2.21. The van der Waals surface area contributed by atoms with Crippen LogP contribution in [0.4, 0.5) is 5.69 Å². The molecule has 0 fully saturated rings. The molecule has 0 heterocycles. The van der Waals surface area contributed by atoms with Gasteiger partial charge in [-0.2, -0.15) is 0 Å². The van der Waals surface area contributed by atoms with Gasteiger partial charge >= 0.3 is 0 Å². The van der Waals surface area contributed by atoms with E-state index in [2.05, 4.69) is 21.2 Å². The fourth-order valence-electron chi connectivity index (χ4n) is 1.75. The van der Waals surface area contributed by atoms with Crippen molar-refractivity contribution < 1.29 is 4.79 Å². The standard InChI is InChI=1S/C15H14BrClN2O/c1-15(18,10-5-3-2-4-6-10)14(20)19-11-7-8-12(16)13(17)9-11/h2-9H,18H2,1H3,(H,19,20). The van der Waals surface area contributed by atoms with Crippen LogP contribution < -0.4 is 11.1 Å². The quantitative estimate of drug-likeness (QED) is 0.879. The maximum atomic E-state index is 12.3. The number of amides is 1. The molecule has 1 unspecified atom stereocenters. The fourth-order valence-corrected chi connectivity index (χ4v) is 2.18. The van der Waals surface area contributed by atoms with Crippen LogP contribution in [0, 0.1) is 0 Å². The second kappa shape index (κ2) is 5.95. The lowest BCUT2D eigenvalue weighted by atomic mass is 9.92. The van der Waals surface area contributed by atoms with E-state index in [0.29, 0.717) is 10.7 Å². The van der Waals surface area contributed by atoms with Crippen LogP contribution in [-0.2, 0) is 10.3 Å². The minimum Gasteiger partial charge on any atom is -0.324 e. The first-order chi connectivity index (χ1) is 9.41. The molecule has 0 aromatic heterocycles. The lowest BCUT2D eigenvalue weighted by Gasteiger charge is -2.24. The number of anilines is 1. The summed E-state index contributed by atoms with van der Waals surface area (Å²) in [6, 6.07) is 14.4. The Kier molecular flexibility index (Phi) is 4.48. The van der Waals surface area contributed by atoms with Crippen molar-refractivity contribution in [3.63, 3.8) is 0 Å². The van der Waals surface area contributed by atoms with Crippen molar-refractivity contribution in [2.75, 3.05) is 5.32 Å². The van der Waals surface area contributed by atoms with Gasteiger partial charge in [-0.05, 0) is 46.6 Å². The van der Waals surface area contributed by atoms with Crippen molar-refractivity contribution in [2.24, 2.45) is 5.73 Å². The lowest BCUT2D eigenvalue weighted by molar-refractivity contribution is -0.120. The molecule has 0 saturated carbocycles. The molecule has 0 radical (unpaired) electrons. The third kappa shape index (κ3) is 3.20. The molecule has 0 spiro atoms. The molecule has 5 heteroatoms. The molecule has 3 nitrogen and oxygen atoms in total. The zero-order chi connectivity index (χ0) is 14.8. The highest BCUT2D eigenvalue weighted by molar-refractivity contribution is 9.10. The van der Waals surface area contributed by atoms with Gasteiger partial charge in [0.2, 0.25) is 5.91 Å². The zero-order valence-corrected chi connectivity index (χ0v) is 13.2. The van der Waals surface area contributed by atoms with E-state index in [1.54, 1.807) is 25.1 Å². The average molecular weight is 354 g/mol. The topological polar surface area (TPSA) is 55.1 Å². The summed E-state index contributed by atoms with van der Waals surface area (Å²) < 4.78 is 0.774.